The summed E-state index contributed by atoms with van der Waals surface area (Å²) in [5.41, 5.74) is 2.10. The van der Waals surface area contributed by atoms with Gasteiger partial charge in [0.1, 0.15) is 5.51 Å². The summed E-state index contributed by atoms with van der Waals surface area (Å²) in [4.78, 5) is 10.6. The number of carboxylic acids is 1. The highest BCUT2D eigenvalue weighted by molar-refractivity contribution is 8.01. The molecule has 0 bridgehead atoms. The molecule has 1 heterocycles. The van der Waals surface area contributed by atoms with Crippen LogP contribution >= 0.6 is 23.1 Å². The zero-order chi connectivity index (χ0) is 10.4. The van der Waals surface area contributed by atoms with Gasteiger partial charge in [0.25, 0.3) is 0 Å². The van der Waals surface area contributed by atoms with Crippen LogP contribution in [0.4, 0.5) is 0 Å². The van der Waals surface area contributed by atoms with E-state index in [1.165, 1.54) is 23.1 Å². The number of carboxylic acid groups (broad SMARTS) is 1. The van der Waals surface area contributed by atoms with Crippen molar-refractivity contribution in [3.05, 3.63) is 17.2 Å². The number of aromatic nitrogens is 2. The normalized spacial score (nSPS) is 11.6. The first kappa shape index (κ1) is 11.2. The molecule has 0 amide bonds. The smallest absolute Gasteiger partial charge is 0.331 e. The van der Waals surface area contributed by atoms with Gasteiger partial charge in [-0.2, -0.15) is 0 Å². The third-order valence-corrected chi connectivity index (χ3v) is 3.32. The molecule has 0 saturated heterocycles. The maximum Gasteiger partial charge on any atom is 0.331 e. The first-order chi connectivity index (χ1) is 6.74. The summed E-state index contributed by atoms with van der Waals surface area (Å²) in [7, 11) is 0. The van der Waals surface area contributed by atoms with Crippen LogP contribution in [0.25, 0.3) is 0 Å². The van der Waals surface area contributed by atoms with Crippen LogP contribution in [-0.2, 0) is 4.79 Å². The monoisotopic (exact) mass is 230 g/mol. The molecule has 76 valence electrons. The summed E-state index contributed by atoms with van der Waals surface area (Å²) in [5, 5.41) is 16.3. The molecule has 4 nitrogen and oxygen atoms in total. The highest BCUT2D eigenvalue weighted by Gasteiger charge is 2.03. The van der Waals surface area contributed by atoms with E-state index in [1.807, 2.05) is 6.92 Å². The van der Waals surface area contributed by atoms with Crippen molar-refractivity contribution >= 4 is 29.1 Å². The lowest BCUT2D eigenvalue weighted by Crippen LogP contribution is -1.99. The predicted octanol–water partition coefficient (Wildman–Crippen LogP) is 2.05. The second-order valence-electron chi connectivity index (χ2n) is 2.40. The number of thioether (sulfide) groups is 1. The van der Waals surface area contributed by atoms with Gasteiger partial charge >= 0.3 is 5.97 Å². The van der Waals surface area contributed by atoms with Crippen molar-refractivity contribution in [3.63, 3.8) is 0 Å². The minimum absolute atomic E-state index is 0.446. The molecular weight excluding hydrogens is 220 g/mol. The predicted molar refractivity (Wildman–Crippen MR) is 56.6 cm³/mol. The molecule has 14 heavy (non-hydrogen) atoms. The Kier molecular flexibility index (Phi) is 4.61. The Morgan fingerprint density at radius 2 is 2.57 bits per heavy atom. The minimum atomic E-state index is -0.842. The van der Waals surface area contributed by atoms with E-state index in [4.69, 9.17) is 5.11 Å². The number of carbonyl (C=O) groups is 1. The van der Waals surface area contributed by atoms with E-state index in [0.717, 1.165) is 4.34 Å². The number of hydrogen-bond donors (Lipinski definition) is 1. The minimum Gasteiger partial charge on any atom is -0.478 e. The molecule has 0 aromatic carbocycles. The van der Waals surface area contributed by atoms with Crippen LogP contribution in [0.5, 0.6) is 0 Å². The third kappa shape index (κ3) is 3.47. The summed E-state index contributed by atoms with van der Waals surface area (Å²) in [6.07, 6.45) is 2.26. The molecule has 6 heteroatoms. The quantitative estimate of drug-likeness (QED) is 0.619. The van der Waals surface area contributed by atoms with Gasteiger partial charge in [-0.1, -0.05) is 36.1 Å². The fourth-order valence-electron chi connectivity index (χ4n) is 0.822. The molecule has 1 aromatic heterocycles. The SMILES string of the molecule is CCC(=CCSc1nncs1)C(=O)O. The van der Waals surface area contributed by atoms with Gasteiger partial charge in [-0.25, -0.2) is 4.79 Å². The standard InChI is InChI=1S/C8H10N2O2S2/c1-2-6(7(11)12)3-4-13-8-10-9-5-14-8/h3,5H,2,4H2,1H3,(H,11,12). The van der Waals surface area contributed by atoms with E-state index in [1.54, 1.807) is 11.6 Å². The Balaban J connectivity index is 2.42. The summed E-state index contributed by atoms with van der Waals surface area (Å²) in [5.74, 6) is -0.213. The van der Waals surface area contributed by atoms with Crippen molar-refractivity contribution in [2.75, 3.05) is 5.75 Å². The van der Waals surface area contributed by atoms with Crippen molar-refractivity contribution in [2.24, 2.45) is 0 Å². The first-order valence-electron chi connectivity index (χ1n) is 4.05. The Morgan fingerprint density at radius 3 is 3.07 bits per heavy atom. The molecular formula is C8H10N2O2S2. The van der Waals surface area contributed by atoms with Gasteiger partial charge < -0.3 is 5.11 Å². The lowest BCUT2D eigenvalue weighted by Gasteiger charge is -1.96. The van der Waals surface area contributed by atoms with Crippen LogP contribution in [0.3, 0.4) is 0 Å². The van der Waals surface area contributed by atoms with E-state index in [0.29, 0.717) is 17.7 Å². The Labute approximate surface area is 90.1 Å². The molecule has 0 spiro atoms. The maximum atomic E-state index is 10.6. The lowest BCUT2D eigenvalue weighted by atomic mass is 10.2. The second kappa shape index (κ2) is 5.77. The Bertz CT molecular complexity index is 322. The molecule has 0 saturated carbocycles. The van der Waals surface area contributed by atoms with E-state index in [-0.39, 0.29) is 0 Å². The summed E-state index contributed by atoms with van der Waals surface area (Å²) in [6.45, 7) is 1.83. The number of hydrogen-bond acceptors (Lipinski definition) is 5. The fraction of sp³-hybridized carbons (Fsp3) is 0.375. The second-order valence-corrected chi connectivity index (χ2v) is 4.50. The summed E-state index contributed by atoms with van der Waals surface area (Å²) >= 11 is 2.95. The van der Waals surface area contributed by atoms with Gasteiger partial charge in [0, 0.05) is 11.3 Å². The fourth-order valence-corrected chi connectivity index (χ4v) is 2.24. The molecule has 0 unspecified atom stereocenters. The van der Waals surface area contributed by atoms with Crippen molar-refractivity contribution in [2.45, 2.75) is 17.7 Å². The molecule has 0 aliphatic carbocycles. The van der Waals surface area contributed by atoms with Gasteiger partial charge in [0.05, 0.1) is 0 Å². The summed E-state index contributed by atoms with van der Waals surface area (Å²) in [6, 6.07) is 0. The maximum absolute atomic E-state index is 10.6. The first-order valence-corrected chi connectivity index (χ1v) is 5.91. The van der Waals surface area contributed by atoms with Crippen molar-refractivity contribution in [1.82, 2.24) is 10.2 Å². The van der Waals surface area contributed by atoms with Crippen LogP contribution in [0, 0.1) is 0 Å². The van der Waals surface area contributed by atoms with Crippen LogP contribution in [0.1, 0.15) is 13.3 Å². The molecule has 1 N–H and O–H groups in total. The zero-order valence-corrected chi connectivity index (χ0v) is 9.27. The van der Waals surface area contributed by atoms with E-state index in [9.17, 15) is 4.79 Å². The number of rotatable bonds is 5. The van der Waals surface area contributed by atoms with Crippen LogP contribution in [0.15, 0.2) is 21.5 Å². The van der Waals surface area contributed by atoms with Gasteiger partial charge in [0.2, 0.25) is 0 Å². The van der Waals surface area contributed by atoms with Crippen LogP contribution < -0.4 is 0 Å². The number of nitrogens with zero attached hydrogens (tertiary/aromatic N) is 2. The van der Waals surface area contributed by atoms with Gasteiger partial charge in [-0.05, 0) is 6.42 Å². The molecule has 1 aromatic rings. The van der Waals surface area contributed by atoms with Gasteiger partial charge in [0.15, 0.2) is 4.34 Å². The molecule has 0 aliphatic rings. The molecule has 1 rings (SSSR count). The third-order valence-electron chi connectivity index (χ3n) is 1.53. The van der Waals surface area contributed by atoms with E-state index < -0.39 is 5.97 Å². The zero-order valence-electron chi connectivity index (χ0n) is 7.64. The average Bonchev–Trinajstić information content (AvgIpc) is 2.64. The Morgan fingerprint density at radius 1 is 1.79 bits per heavy atom. The highest BCUT2D eigenvalue weighted by Crippen LogP contribution is 2.19. The van der Waals surface area contributed by atoms with Crippen LogP contribution in [0.2, 0.25) is 0 Å². The molecule has 0 radical (unpaired) electrons. The molecule has 0 aliphatic heterocycles. The molecule has 0 atom stereocenters. The lowest BCUT2D eigenvalue weighted by molar-refractivity contribution is -0.132. The Hall–Kier alpha value is -0.880. The van der Waals surface area contributed by atoms with Gasteiger partial charge in [-0.3, -0.25) is 0 Å². The summed E-state index contributed by atoms with van der Waals surface area (Å²) < 4.78 is 0.863. The largest absolute Gasteiger partial charge is 0.478 e. The highest BCUT2D eigenvalue weighted by atomic mass is 32.2. The molecule has 0 fully saturated rings. The van der Waals surface area contributed by atoms with Gasteiger partial charge in [-0.15, -0.1) is 10.2 Å². The van der Waals surface area contributed by atoms with E-state index >= 15 is 0 Å². The van der Waals surface area contributed by atoms with Crippen molar-refractivity contribution < 1.29 is 9.90 Å². The van der Waals surface area contributed by atoms with Crippen molar-refractivity contribution in [1.29, 1.82) is 0 Å². The number of aliphatic carboxylic acids is 1. The van der Waals surface area contributed by atoms with E-state index in [2.05, 4.69) is 10.2 Å². The van der Waals surface area contributed by atoms with Crippen LogP contribution in [-0.4, -0.2) is 27.0 Å². The average molecular weight is 230 g/mol. The van der Waals surface area contributed by atoms with Crippen molar-refractivity contribution in [3.8, 4) is 0 Å². The topological polar surface area (TPSA) is 63.1 Å².